The van der Waals surface area contributed by atoms with E-state index >= 15 is 0 Å². The Morgan fingerprint density at radius 3 is 0.333 bits per heavy atom. The molecule has 0 saturated carbocycles. The van der Waals surface area contributed by atoms with Crippen molar-refractivity contribution in [3.05, 3.63) is 0 Å². The van der Waals surface area contributed by atoms with E-state index < -0.39 is 0 Å². The third-order valence-electron chi connectivity index (χ3n) is 0. The third-order valence-corrected chi connectivity index (χ3v) is 0. The summed E-state index contributed by atoms with van der Waals surface area (Å²) >= 11 is 0. The van der Waals surface area contributed by atoms with Crippen molar-refractivity contribution in [3.63, 3.8) is 0 Å². The van der Waals surface area contributed by atoms with Gasteiger partial charge in [-0.2, -0.15) is 0 Å². The standard InChI is InChI=1S/3O.3Ti/q3*-2;3*+4. The number of hydrogen-bond donors (Lipinski definition) is 0. The summed E-state index contributed by atoms with van der Waals surface area (Å²) in [5.41, 5.74) is 0. The fourth-order valence-electron chi connectivity index (χ4n) is 0. The van der Waals surface area contributed by atoms with Crippen molar-refractivity contribution in [1.29, 1.82) is 0 Å². The first-order valence-corrected chi connectivity index (χ1v) is 0. The molecule has 0 aliphatic carbocycles. The van der Waals surface area contributed by atoms with Crippen molar-refractivity contribution >= 4 is 0 Å². The van der Waals surface area contributed by atoms with Crippen LogP contribution in [0, 0.1) is 0 Å². The summed E-state index contributed by atoms with van der Waals surface area (Å²) < 4.78 is 0. The minimum atomic E-state index is 0. The molecule has 0 radical (unpaired) electrons. The maximum atomic E-state index is 0. The van der Waals surface area contributed by atoms with Crippen LogP contribution in [0.3, 0.4) is 0 Å². The van der Waals surface area contributed by atoms with Gasteiger partial charge in [-0.15, -0.1) is 0 Å². The average molecular weight is 192 g/mol. The van der Waals surface area contributed by atoms with Crippen LogP contribution >= 0.6 is 0 Å². The van der Waals surface area contributed by atoms with E-state index in [4.69, 9.17) is 0 Å². The second-order valence-corrected chi connectivity index (χ2v) is 0. The second-order valence-electron chi connectivity index (χ2n) is 0. The molecule has 0 rings (SSSR count). The molecule has 0 atom stereocenters. The van der Waals surface area contributed by atoms with Gasteiger partial charge in [0.25, 0.3) is 0 Å². The van der Waals surface area contributed by atoms with Gasteiger partial charge in [0.2, 0.25) is 0 Å². The van der Waals surface area contributed by atoms with Gasteiger partial charge in [-0.05, 0) is 0 Å². The molecule has 6 heavy (non-hydrogen) atoms. The van der Waals surface area contributed by atoms with Crippen molar-refractivity contribution in [1.82, 2.24) is 0 Å². The summed E-state index contributed by atoms with van der Waals surface area (Å²) in [7, 11) is 0. The molecule has 0 heterocycles. The zero-order valence-corrected chi connectivity index (χ0v) is 7.41. The van der Waals surface area contributed by atoms with Gasteiger partial charge in [0.05, 0.1) is 0 Å². The molecule has 0 aromatic rings. The van der Waals surface area contributed by atoms with Gasteiger partial charge in [0.1, 0.15) is 0 Å². The monoisotopic (exact) mass is 192 g/mol. The molecule has 0 unspecified atom stereocenters. The molecule has 3 nitrogen and oxygen atoms in total. The zero-order chi connectivity index (χ0) is 0. The number of hydrogen-bond acceptors (Lipinski definition) is 0. The third kappa shape index (κ3) is 37.1. The Labute approximate surface area is 80.8 Å². The second kappa shape index (κ2) is 62.3. The van der Waals surface area contributed by atoms with Crippen LogP contribution in [0.5, 0.6) is 0 Å². The van der Waals surface area contributed by atoms with E-state index in [1.807, 2.05) is 0 Å². The molecular weight excluding hydrogens is 192 g/mol. The first-order chi connectivity index (χ1) is 0. The molecule has 0 aromatic heterocycles. The van der Waals surface area contributed by atoms with Gasteiger partial charge >= 0.3 is 65.2 Å². The molecular formula is O3Ti3+6. The number of rotatable bonds is 0. The molecule has 0 aliphatic heterocycles. The van der Waals surface area contributed by atoms with Crippen LogP contribution in [0.2, 0.25) is 0 Å². The van der Waals surface area contributed by atoms with Crippen LogP contribution in [0.4, 0.5) is 0 Å². The normalized spacial score (nSPS) is 0. The smallest absolute Gasteiger partial charge is 2.00 e. The topological polar surface area (TPSA) is 85.5 Å². The first kappa shape index (κ1) is 96.7. The maximum absolute atomic E-state index is 0. The van der Waals surface area contributed by atoms with Crippen molar-refractivity contribution in [2.24, 2.45) is 0 Å². The largest absolute Gasteiger partial charge is 4.00 e. The Morgan fingerprint density at radius 1 is 0.333 bits per heavy atom. The van der Waals surface area contributed by atoms with E-state index in [0.717, 1.165) is 0 Å². The van der Waals surface area contributed by atoms with E-state index in [-0.39, 0.29) is 81.6 Å². The summed E-state index contributed by atoms with van der Waals surface area (Å²) in [4.78, 5) is 0. The molecule has 6 heteroatoms. The SMILES string of the molecule is [O-2].[O-2].[O-2].[Ti+4].[Ti+4].[Ti+4]. The Morgan fingerprint density at radius 2 is 0.333 bits per heavy atom. The quantitative estimate of drug-likeness (QED) is 0.468. The Kier molecular flexibility index (Phi) is 1000. The average Bonchev–Trinajstić information content (AvgIpc) is 0. The van der Waals surface area contributed by atoms with Gasteiger partial charge < -0.3 is 16.4 Å². The zero-order valence-electron chi connectivity index (χ0n) is 2.72. The van der Waals surface area contributed by atoms with Crippen LogP contribution in [0.25, 0.3) is 0 Å². The Balaban J connectivity index is 0. The summed E-state index contributed by atoms with van der Waals surface area (Å²) in [6, 6.07) is 0. The fourth-order valence-corrected chi connectivity index (χ4v) is 0. The molecule has 0 fully saturated rings. The molecule has 0 saturated heterocycles. The van der Waals surface area contributed by atoms with E-state index in [9.17, 15) is 0 Å². The van der Waals surface area contributed by atoms with Crippen LogP contribution in [-0.4, -0.2) is 0 Å². The van der Waals surface area contributed by atoms with Crippen LogP contribution in [0.1, 0.15) is 0 Å². The molecule has 0 aliphatic rings. The molecule has 0 aromatic carbocycles. The first-order valence-electron chi connectivity index (χ1n) is 0. The molecule has 24 valence electrons. The summed E-state index contributed by atoms with van der Waals surface area (Å²) in [6.07, 6.45) is 0. The minimum absolute atomic E-state index is 0. The van der Waals surface area contributed by atoms with Gasteiger partial charge in [0.15, 0.2) is 0 Å². The molecule has 0 amide bonds. The van der Waals surface area contributed by atoms with Gasteiger partial charge in [-0.25, -0.2) is 0 Å². The van der Waals surface area contributed by atoms with Crippen LogP contribution < -0.4 is 0 Å². The predicted octanol–water partition coefficient (Wildman–Crippen LogP) is -0.364. The van der Waals surface area contributed by atoms with E-state index in [1.165, 1.54) is 0 Å². The fraction of sp³-hybridized carbons (Fsp3) is 0. The van der Waals surface area contributed by atoms with Crippen molar-refractivity contribution in [3.8, 4) is 0 Å². The molecule has 0 N–H and O–H groups in total. The maximum Gasteiger partial charge on any atom is 4.00 e. The van der Waals surface area contributed by atoms with Gasteiger partial charge in [0, 0.05) is 0 Å². The Bertz CT molecular complexity index is 6.00. The van der Waals surface area contributed by atoms with Gasteiger partial charge in [-0.3, -0.25) is 0 Å². The van der Waals surface area contributed by atoms with E-state index in [2.05, 4.69) is 0 Å². The molecule has 0 bridgehead atoms. The van der Waals surface area contributed by atoms with Crippen molar-refractivity contribution < 1.29 is 81.6 Å². The van der Waals surface area contributed by atoms with E-state index in [0.29, 0.717) is 0 Å². The summed E-state index contributed by atoms with van der Waals surface area (Å²) in [5.74, 6) is 0. The minimum Gasteiger partial charge on any atom is -2.00 e. The molecule has 0 spiro atoms. The predicted molar refractivity (Wildman–Crippen MR) is 2.06 cm³/mol. The van der Waals surface area contributed by atoms with Crippen LogP contribution in [-0.2, 0) is 81.6 Å². The Hall–Kier alpha value is 2.02. The van der Waals surface area contributed by atoms with Crippen LogP contribution in [0.15, 0.2) is 0 Å². The summed E-state index contributed by atoms with van der Waals surface area (Å²) in [5, 5.41) is 0. The van der Waals surface area contributed by atoms with Gasteiger partial charge in [-0.1, -0.05) is 0 Å². The van der Waals surface area contributed by atoms with Crippen molar-refractivity contribution in [2.45, 2.75) is 0 Å². The van der Waals surface area contributed by atoms with E-state index in [1.54, 1.807) is 0 Å². The van der Waals surface area contributed by atoms with Crippen molar-refractivity contribution in [2.75, 3.05) is 0 Å². The summed E-state index contributed by atoms with van der Waals surface area (Å²) in [6.45, 7) is 0.